The number of amides is 3. The van der Waals surface area contributed by atoms with Gasteiger partial charge in [-0.3, -0.25) is 10.1 Å². The Morgan fingerprint density at radius 2 is 1.93 bits per heavy atom. The van der Waals surface area contributed by atoms with Crippen LogP contribution in [0, 0.1) is 0 Å². The van der Waals surface area contributed by atoms with Crippen LogP contribution in [0.2, 0.25) is 0 Å². The maximum absolute atomic E-state index is 12.7. The summed E-state index contributed by atoms with van der Waals surface area (Å²) in [4.78, 5) is 40.3. The van der Waals surface area contributed by atoms with Crippen molar-refractivity contribution >= 4 is 28.8 Å². The molecular formula is C19H17N3O5. The fourth-order valence-electron chi connectivity index (χ4n) is 2.45. The molecule has 0 saturated carbocycles. The van der Waals surface area contributed by atoms with Crippen molar-refractivity contribution in [1.29, 1.82) is 0 Å². The van der Waals surface area contributed by atoms with Crippen LogP contribution in [0.1, 0.15) is 17.3 Å². The Morgan fingerprint density at radius 3 is 2.63 bits per heavy atom. The van der Waals surface area contributed by atoms with Crippen molar-refractivity contribution in [3.05, 3.63) is 54.3 Å². The third-order valence-electron chi connectivity index (χ3n) is 3.83. The number of benzene rings is 1. The van der Waals surface area contributed by atoms with E-state index in [-0.39, 0.29) is 5.56 Å². The normalized spacial score (nSPS) is 11.6. The van der Waals surface area contributed by atoms with E-state index in [4.69, 9.17) is 9.15 Å². The average molecular weight is 367 g/mol. The van der Waals surface area contributed by atoms with E-state index in [0.717, 1.165) is 0 Å². The predicted molar refractivity (Wildman–Crippen MR) is 96.9 cm³/mol. The van der Waals surface area contributed by atoms with Gasteiger partial charge in [-0.15, -0.1) is 0 Å². The Hall–Kier alpha value is -3.68. The first-order chi connectivity index (χ1) is 13.0. The number of fused-ring (bicyclic) bond motifs is 1. The molecule has 0 radical (unpaired) electrons. The van der Waals surface area contributed by atoms with Crippen LogP contribution in [0.3, 0.4) is 0 Å². The van der Waals surface area contributed by atoms with E-state index >= 15 is 0 Å². The van der Waals surface area contributed by atoms with E-state index in [1.54, 1.807) is 42.5 Å². The Balaban J connectivity index is 1.91. The van der Waals surface area contributed by atoms with Gasteiger partial charge in [-0.25, -0.2) is 14.6 Å². The minimum absolute atomic E-state index is 0.242. The van der Waals surface area contributed by atoms with Crippen LogP contribution in [0.25, 0.3) is 22.4 Å². The third-order valence-corrected chi connectivity index (χ3v) is 3.83. The standard InChI is InChI=1S/C19H17N3O5/c1-11(17(23)22-19(25)20-2)27-18(24)13-10-15(16-8-5-9-26-16)21-14-7-4-3-6-12(13)14/h3-11H,1-2H3,(H2,20,22,23,25)/t11-/m1/s1. The molecule has 3 amide bonds. The van der Waals surface area contributed by atoms with Crippen molar-refractivity contribution in [1.82, 2.24) is 15.6 Å². The summed E-state index contributed by atoms with van der Waals surface area (Å²) in [5, 5.41) is 4.90. The summed E-state index contributed by atoms with van der Waals surface area (Å²) in [5.74, 6) is -0.937. The van der Waals surface area contributed by atoms with Crippen molar-refractivity contribution in [2.45, 2.75) is 13.0 Å². The minimum atomic E-state index is -1.16. The number of urea groups is 1. The lowest BCUT2D eigenvalue weighted by atomic mass is 10.1. The fraction of sp³-hybridized carbons (Fsp3) is 0.158. The van der Waals surface area contributed by atoms with Gasteiger partial charge >= 0.3 is 12.0 Å². The topological polar surface area (TPSA) is 111 Å². The fourth-order valence-corrected chi connectivity index (χ4v) is 2.45. The van der Waals surface area contributed by atoms with Gasteiger partial charge in [-0.2, -0.15) is 0 Å². The summed E-state index contributed by atoms with van der Waals surface area (Å²) in [5.41, 5.74) is 1.29. The lowest BCUT2D eigenvalue weighted by molar-refractivity contribution is -0.127. The lowest BCUT2D eigenvalue weighted by Gasteiger charge is -2.14. The molecule has 3 aromatic rings. The molecule has 0 fully saturated rings. The number of para-hydroxylation sites is 1. The van der Waals surface area contributed by atoms with Gasteiger partial charge in [0.2, 0.25) is 0 Å². The van der Waals surface area contributed by atoms with Gasteiger partial charge in [-0.1, -0.05) is 18.2 Å². The number of hydrogen-bond donors (Lipinski definition) is 2. The Morgan fingerprint density at radius 1 is 1.15 bits per heavy atom. The van der Waals surface area contributed by atoms with Crippen molar-refractivity contribution in [3.8, 4) is 11.5 Å². The number of hydrogen-bond acceptors (Lipinski definition) is 6. The number of pyridine rings is 1. The van der Waals surface area contributed by atoms with Crippen LogP contribution in [-0.2, 0) is 9.53 Å². The molecule has 1 atom stereocenters. The molecule has 2 heterocycles. The second kappa shape index (κ2) is 7.69. The molecule has 27 heavy (non-hydrogen) atoms. The van der Waals surface area contributed by atoms with Crippen LogP contribution in [-0.4, -0.2) is 36.0 Å². The Kier molecular flexibility index (Phi) is 5.16. The van der Waals surface area contributed by atoms with Gasteiger partial charge in [0.05, 0.1) is 17.3 Å². The second-order valence-electron chi connectivity index (χ2n) is 5.67. The van der Waals surface area contributed by atoms with E-state index in [2.05, 4.69) is 15.6 Å². The quantitative estimate of drug-likeness (QED) is 0.686. The van der Waals surface area contributed by atoms with Crippen LogP contribution in [0.5, 0.6) is 0 Å². The molecule has 2 aromatic heterocycles. The third kappa shape index (κ3) is 3.95. The Bertz CT molecular complexity index is 998. The smallest absolute Gasteiger partial charge is 0.339 e. The first-order valence-electron chi connectivity index (χ1n) is 8.17. The number of imide groups is 1. The second-order valence-corrected chi connectivity index (χ2v) is 5.67. The number of carbonyl (C=O) groups excluding carboxylic acids is 3. The van der Waals surface area contributed by atoms with E-state index < -0.39 is 24.0 Å². The van der Waals surface area contributed by atoms with E-state index in [0.29, 0.717) is 22.4 Å². The van der Waals surface area contributed by atoms with Crippen molar-refractivity contribution in [2.24, 2.45) is 0 Å². The van der Waals surface area contributed by atoms with Gasteiger partial charge in [0.15, 0.2) is 11.9 Å². The molecule has 0 bridgehead atoms. The SMILES string of the molecule is CNC(=O)NC(=O)[C@@H](C)OC(=O)c1cc(-c2ccco2)nc2ccccc12. The summed E-state index contributed by atoms with van der Waals surface area (Å²) >= 11 is 0. The van der Waals surface area contributed by atoms with Crippen LogP contribution >= 0.6 is 0 Å². The molecule has 1 aromatic carbocycles. The first-order valence-corrected chi connectivity index (χ1v) is 8.17. The van der Waals surface area contributed by atoms with Gasteiger partial charge in [0, 0.05) is 12.4 Å². The van der Waals surface area contributed by atoms with Crippen molar-refractivity contribution in [2.75, 3.05) is 7.05 Å². The summed E-state index contributed by atoms with van der Waals surface area (Å²) in [7, 11) is 1.37. The molecule has 0 saturated heterocycles. The number of furan rings is 1. The highest BCUT2D eigenvalue weighted by Gasteiger charge is 2.23. The summed E-state index contributed by atoms with van der Waals surface area (Å²) in [6, 6.07) is 11.4. The van der Waals surface area contributed by atoms with Crippen LogP contribution < -0.4 is 10.6 Å². The average Bonchev–Trinajstić information content (AvgIpc) is 3.21. The molecule has 0 aliphatic carbocycles. The molecule has 0 aliphatic heterocycles. The van der Waals surface area contributed by atoms with Crippen molar-refractivity contribution < 1.29 is 23.5 Å². The number of aromatic nitrogens is 1. The zero-order chi connectivity index (χ0) is 19.4. The maximum atomic E-state index is 12.7. The van der Waals surface area contributed by atoms with Crippen LogP contribution in [0.4, 0.5) is 4.79 Å². The number of nitrogens with one attached hydrogen (secondary N) is 2. The zero-order valence-corrected chi connectivity index (χ0v) is 14.7. The molecular weight excluding hydrogens is 350 g/mol. The van der Waals surface area contributed by atoms with Gasteiger partial charge in [0.25, 0.3) is 5.91 Å². The number of esters is 1. The summed E-state index contributed by atoms with van der Waals surface area (Å²) in [6.45, 7) is 1.38. The zero-order valence-electron chi connectivity index (χ0n) is 14.7. The predicted octanol–water partition coefficient (Wildman–Crippen LogP) is 2.50. The molecule has 8 nitrogen and oxygen atoms in total. The number of ether oxygens (including phenoxy) is 1. The highest BCUT2D eigenvalue weighted by Crippen LogP contribution is 2.26. The largest absolute Gasteiger partial charge is 0.463 e. The van der Waals surface area contributed by atoms with E-state index in [1.165, 1.54) is 20.2 Å². The first kappa shape index (κ1) is 18.1. The summed E-state index contributed by atoms with van der Waals surface area (Å²) < 4.78 is 10.6. The highest BCUT2D eigenvalue weighted by atomic mass is 16.5. The van der Waals surface area contributed by atoms with E-state index in [1.807, 2.05) is 0 Å². The molecule has 8 heteroatoms. The molecule has 138 valence electrons. The van der Waals surface area contributed by atoms with Gasteiger partial charge in [-0.05, 0) is 31.2 Å². The highest BCUT2D eigenvalue weighted by molar-refractivity contribution is 6.05. The van der Waals surface area contributed by atoms with Gasteiger partial charge in [0.1, 0.15) is 5.69 Å². The summed E-state index contributed by atoms with van der Waals surface area (Å²) in [6.07, 6.45) is 0.351. The monoisotopic (exact) mass is 367 g/mol. The molecule has 0 spiro atoms. The number of rotatable bonds is 4. The van der Waals surface area contributed by atoms with Crippen LogP contribution in [0.15, 0.2) is 53.1 Å². The maximum Gasteiger partial charge on any atom is 0.339 e. The number of carbonyl (C=O) groups is 3. The Labute approximate surface area is 154 Å². The minimum Gasteiger partial charge on any atom is -0.463 e. The molecule has 0 aliphatic rings. The van der Waals surface area contributed by atoms with Crippen molar-refractivity contribution in [3.63, 3.8) is 0 Å². The van der Waals surface area contributed by atoms with Gasteiger partial charge < -0.3 is 14.5 Å². The van der Waals surface area contributed by atoms with E-state index in [9.17, 15) is 14.4 Å². The molecule has 3 rings (SSSR count). The lowest BCUT2D eigenvalue weighted by Crippen LogP contribution is -2.43. The molecule has 2 N–H and O–H groups in total. The number of nitrogens with zero attached hydrogens (tertiary/aromatic N) is 1. The molecule has 0 unspecified atom stereocenters.